The van der Waals surface area contributed by atoms with Crippen molar-refractivity contribution < 1.29 is 4.74 Å². The highest BCUT2D eigenvalue weighted by Crippen LogP contribution is 2.23. The summed E-state index contributed by atoms with van der Waals surface area (Å²) >= 11 is 5.80. The molecule has 3 N–H and O–H groups in total. The average Bonchev–Trinajstić information content (AvgIpc) is 2.32. The van der Waals surface area contributed by atoms with Crippen LogP contribution in [0.25, 0.3) is 0 Å². The Balaban J connectivity index is 2.63. The Bertz CT molecular complexity index is 340. The summed E-state index contributed by atoms with van der Waals surface area (Å²) in [5, 5.41) is 0.627. The summed E-state index contributed by atoms with van der Waals surface area (Å²) in [5.41, 5.74) is 3.51. The Hall–Kier alpha value is -0.680. The zero-order chi connectivity index (χ0) is 12.9. The third kappa shape index (κ3) is 4.60. The number of ether oxygens (including phenoxy) is 1. The molecule has 0 fully saturated rings. The first-order chi connectivity index (χ1) is 7.98. The number of pyridine rings is 1. The zero-order valence-electron chi connectivity index (χ0n) is 10.5. The van der Waals surface area contributed by atoms with Crippen LogP contribution in [-0.2, 0) is 4.74 Å². The van der Waals surface area contributed by atoms with E-state index >= 15 is 0 Å². The number of hydrogen-bond acceptors (Lipinski definition) is 4. The second-order valence-corrected chi connectivity index (χ2v) is 5.06. The summed E-state index contributed by atoms with van der Waals surface area (Å²) in [7, 11) is 1.71. The van der Waals surface area contributed by atoms with Gasteiger partial charge >= 0.3 is 0 Å². The quantitative estimate of drug-likeness (QED) is 0.607. The summed E-state index contributed by atoms with van der Waals surface area (Å²) in [5.74, 6) is 5.55. The summed E-state index contributed by atoms with van der Waals surface area (Å²) in [4.78, 5) is 4.26. The average molecular weight is 258 g/mol. The first kappa shape index (κ1) is 14.4. The molecule has 1 aromatic rings. The third-order valence-electron chi connectivity index (χ3n) is 2.90. The lowest BCUT2D eigenvalue weighted by Gasteiger charge is -2.25. The summed E-state index contributed by atoms with van der Waals surface area (Å²) in [6.45, 7) is 4.10. The first-order valence-corrected chi connectivity index (χ1v) is 5.99. The van der Waals surface area contributed by atoms with E-state index in [2.05, 4.69) is 24.3 Å². The molecule has 5 heteroatoms. The fourth-order valence-electron chi connectivity index (χ4n) is 1.50. The minimum atomic E-state index is -0.151. The van der Waals surface area contributed by atoms with Crippen molar-refractivity contribution in [3.63, 3.8) is 0 Å². The lowest BCUT2D eigenvalue weighted by atomic mass is 9.97. The Labute approximate surface area is 107 Å². The van der Waals surface area contributed by atoms with Crippen molar-refractivity contribution in [1.82, 2.24) is 10.4 Å². The van der Waals surface area contributed by atoms with Gasteiger partial charge < -0.3 is 4.74 Å². The number of methoxy groups -OCH3 is 1. The van der Waals surface area contributed by atoms with Gasteiger partial charge in [-0.3, -0.25) is 16.3 Å². The molecule has 0 aliphatic heterocycles. The molecule has 4 nitrogen and oxygen atoms in total. The van der Waals surface area contributed by atoms with E-state index in [1.54, 1.807) is 13.3 Å². The topological polar surface area (TPSA) is 60.2 Å². The largest absolute Gasteiger partial charge is 0.379 e. The van der Waals surface area contributed by atoms with Gasteiger partial charge in [0.15, 0.2) is 0 Å². The maximum absolute atomic E-state index is 5.80. The van der Waals surface area contributed by atoms with Gasteiger partial charge in [0.1, 0.15) is 0 Å². The van der Waals surface area contributed by atoms with Crippen molar-refractivity contribution >= 4 is 11.6 Å². The molecule has 1 unspecified atom stereocenters. The number of nitrogens with one attached hydrogen (secondary N) is 1. The highest BCUT2D eigenvalue weighted by Gasteiger charge is 2.20. The molecular formula is C12H20ClN3O. The Morgan fingerprint density at radius 1 is 1.53 bits per heavy atom. The molecule has 96 valence electrons. The second kappa shape index (κ2) is 6.31. The molecule has 1 aromatic heterocycles. The van der Waals surface area contributed by atoms with E-state index in [-0.39, 0.29) is 11.6 Å². The van der Waals surface area contributed by atoms with E-state index in [1.165, 1.54) is 0 Å². The van der Waals surface area contributed by atoms with Crippen LogP contribution in [0.1, 0.15) is 38.4 Å². The molecule has 0 aromatic carbocycles. The normalized spacial score (nSPS) is 13.7. The molecule has 17 heavy (non-hydrogen) atoms. The van der Waals surface area contributed by atoms with Crippen LogP contribution in [0, 0.1) is 0 Å². The standard InChI is InChI=1S/C12H20ClN3O/c1-12(2,17-3)7-6-11(16-14)10-5-4-9(13)8-15-10/h4-5,8,11,16H,6-7,14H2,1-3H3. The van der Waals surface area contributed by atoms with Crippen molar-refractivity contribution in [3.05, 3.63) is 29.0 Å². The monoisotopic (exact) mass is 257 g/mol. The van der Waals surface area contributed by atoms with Crippen molar-refractivity contribution in [1.29, 1.82) is 0 Å². The van der Waals surface area contributed by atoms with Gasteiger partial charge in [0, 0.05) is 13.3 Å². The molecule has 0 saturated heterocycles. The summed E-state index contributed by atoms with van der Waals surface area (Å²) in [6, 6.07) is 3.71. The van der Waals surface area contributed by atoms with E-state index in [1.807, 2.05) is 12.1 Å². The minimum absolute atomic E-state index is 0.0155. The van der Waals surface area contributed by atoms with Crippen LogP contribution in [0.3, 0.4) is 0 Å². The molecule has 1 heterocycles. The van der Waals surface area contributed by atoms with E-state index in [0.717, 1.165) is 18.5 Å². The fourth-order valence-corrected chi connectivity index (χ4v) is 1.62. The zero-order valence-corrected chi connectivity index (χ0v) is 11.3. The Morgan fingerprint density at radius 3 is 2.71 bits per heavy atom. The van der Waals surface area contributed by atoms with Crippen LogP contribution in [0.15, 0.2) is 18.3 Å². The summed E-state index contributed by atoms with van der Waals surface area (Å²) < 4.78 is 5.38. The predicted octanol–water partition coefficient (Wildman–Crippen LogP) is 2.44. The van der Waals surface area contributed by atoms with Gasteiger partial charge in [-0.25, -0.2) is 0 Å². The van der Waals surface area contributed by atoms with Crippen LogP contribution in [-0.4, -0.2) is 17.7 Å². The molecule has 0 aliphatic rings. The van der Waals surface area contributed by atoms with Gasteiger partial charge in [-0.1, -0.05) is 11.6 Å². The van der Waals surface area contributed by atoms with Crippen LogP contribution in [0.4, 0.5) is 0 Å². The van der Waals surface area contributed by atoms with Crippen LogP contribution in [0.5, 0.6) is 0 Å². The lowest BCUT2D eigenvalue weighted by molar-refractivity contribution is 0.0116. The molecular weight excluding hydrogens is 238 g/mol. The highest BCUT2D eigenvalue weighted by atomic mass is 35.5. The van der Waals surface area contributed by atoms with Gasteiger partial charge in [0.2, 0.25) is 0 Å². The molecule has 1 atom stereocenters. The van der Waals surface area contributed by atoms with Gasteiger partial charge in [0.05, 0.1) is 22.4 Å². The fraction of sp³-hybridized carbons (Fsp3) is 0.583. The van der Waals surface area contributed by atoms with Crippen molar-refractivity contribution in [2.75, 3.05) is 7.11 Å². The molecule has 0 radical (unpaired) electrons. The minimum Gasteiger partial charge on any atom is -0.379 e. The smallest absolute Gasteiger partial charge is 0.0633 e. The molecule has 0 bridgehead atoms. The van der Waals surface area contributed by atoms with E-state index < -0.39 is 0 Å². The highest BCUT2D eigenvalue weighted by molar-refractivity contribution is 6.30. The molecule has 1 rings (SSSR count). The lowest BCUT2D eigenvalue weighted by Crippen LogP contribution is -2.31. The Kier molecular flexibility index (Phi) is 5.33. The first-order valence-electron chi connectivity index (χ1n) is 5.61. The maximum Gasteiger partial charge on any atom is 0.0633 e. The van der Waals surface area contributed by atoms with Crippen LogP contribution in [0.2, 0.25) is 5.02 Å². The number of rotatable bonds is 6. The van der Waals surface area contributed by atoms with Crippen LogP contribution >= 0.6 is 11.6 Å². The number of nitrogens with zero attached hydrogens (tertiary/aromatic N) is 1. The van der Waals surface area contributed by atoms with Gasteiger partial charge in [-0.15, -0.1) is 0 Å². The number of hydrazine groups is 1. The summed E-state index contributed by atoms with van der Waals surface area (Å²) in [6.07, 6.45) is 3.37. The van der Waals surface area contributed by atoms with Gasteiger partial charge in [0.25, 0.3) is 0 Å². The second-order valence-electron chi connectivity index (χ2n) is 4.62. The maximum atomic E-state index is 5.80. The Morgan fingerprint density at radius 2 is 2.24 bits per heavy atom. The SMILES string of the molecule is COC(C)(C)CCC(NN)c1ccc(Cl)cn1. The predicted molar refractivity (Wildman–Crippen MR) is 69.6 cm³/mol. The number of halogens is 1. The third-order valence-corrected chi connectivity index (χ3v) is 3.12. The molecule has 0 amide bonds. The van der Waals surface area contributed by atoms with E-state index in [9.17, 15) is 0 Å². The van der Waals surface area contributed by atoms with E-state index in [0.29, 0.717) is 5.02 Å². The van der Waals surface area contributed by atoms with Crippen LogP contribution < -0.4 is 11.3 Å². The molecule has 0 spiro atoms. The van der Waals surface area contributed by atoms with Crippen molar-refractivity contribution in [3.8, 4) is 0 Å². The number of nitrogens with two attached hydrogens (primary N) is 1. The van der Waals surface area contributed by atoms with E-state index in [4.69, 9.17) is 22.2 Å². The van der Waals surface area contributed by atoms with Gasteiger partial charge in [-0.05, 0) is 38.8 Å². The number of hydrogen-bond donors (Lipinski definition) is 2. The number of aromatic nitrogens is 1. The molecule has 0 aliphatic carbocycles. The van der Waals surface area contributed by atoms with Crippen molar-refractivity contribution in [2.45, 2.75) is 38.3 Å². The van der Waals surface area contributed by atoms with Gasteiger partial charge in [-0.2, -0.15) is 0 Å². The van der Waals surface area contributed by atoms with Crippen molar-refractivity contribution in [2.24, 2.45) is 5.84 Å². The molecule has 0 saturated carbocycles.